The fourth-order valence-electron chi connectivity index (χ4n) is 7.98. The van der Waals surface area contributed by atoms with Gasteiger partial charge in [-0.3, -0.25) is 18.4 Å². The maximum atomic E-state index is 14.2. The van der Waals surface area contributed by atoms with Gasteiger partial charge >= 0.3 is 0 Å². The van der Waals surface area contributed by atoms with Crippen LogP contribution in [0.4, 0.5) is 0 Å². The van der Waals surface area contributed by atoms with E-state index in [1.54, 1.807) is 8.80 Å². The van der Waals surface area contributed by atoms with Gasteiger partial charge in [-0.25, -0.2) is 9.97 Å². The molecule has 44 heavy (non-hydrogen) atoms. The van der Waals surface area contributed by atoms with Crippen molar-refractivity contribution in [3.05, 3.63) is 124 Å². The lowest BCUT2D eigenvalue weighted by molar-refractivity contribution is 1.19. The topological polar surface area (TPSA) is 68.7 Å². The molecule has 0 spiro atoms. The average Bonchev–Trinajstić information content (AvgIpc) is 3.65. The summed E-state index contributed by atoms with van der Waals surface area (Å²) in [4.78, 5) is 38.1. The average molecular weight is 563 g/mol. The van der Waals surface area contributed by atoms with Gasteiger partial charge in [0.25, 0.3) is 11.1 Å². The van der Waals surface area contributed by atoms with Gasteiger partial charge in [-0.2, -0.15) is 0 Å². The highest BCUT2D eigenvalue weighted by Gasteiger charge is 2.25. The molecule has 6 heteroatoms. The molecule has 0 amide bonds. The summed E-state index contributed by atoms with van der Waals surface area (Å²) in [5.74, 6) is 0. The number of para-hydroxylation sites is 4. The van der Waals surface area contributed by atoms with Gasteiger partial charge in [0.05, 0.1) is 22.1 Å². The summed E-state index contributed by atoms with van der Waals surface area (Å²) >= 11 is 0. The minimum Gasteiger partial charge on any atom is -0.268 e. The van der Waals surface area contributed by atoms with Crippen LogP contribution in [0.5, 0.6) is 0 Å². The Kier molecular flexibility index (Phi) is 3.70. The molecule has 0 aliphatic rings. The zero-order valence-electron chi connectivity index (χ0n) is 23.1. The summed E-state index contributed by atoms with van der Waals surface area (Å²) in [6.07, 6.45) is 1.83. The highest BCUT2D eigenvalue weighted by atomic mass is 16.1. The summed E-state index contributed by atoms with van der Waals surface area (Å²) in [7, 11) is 0. The van der Waals surface area contributed by atoms with Crippen LogP contribution in [0.1, 0.15) is 5.56 Å². The van der Waals surface area contributed by atoms with Gasteiger partial charge in [0.15, 0.2) is 0 Å². The molecule has 0 atom stereocenters. The van der Waals surface area contributed by atoms with Crippen LogP contribution in [0, 0.1) is 0 Å². The molecule has 11 rings (SSSR count). The first-order valence-electron chi connectivity index (χ1n) is 14.6. The van der Waals surface area contributed by atoms with Crippen molar-refractivity contribution in [3.8, 4) is 0 Å². The number of aromatic nitrogens is 4. The predicted octanol–water partition coefficient (Wildman–Crippen LogP) is 7.88. The second-order valence-electron chi connectivity index (χ2n) is 11.7. The fourth-order valence-corrected chi connectivity index (χ4v) is 7.98. The van der Waals surface area contributed by atoms with Crippen LogP contribution in [0.3, 0.4) is 0 Å². The predicted molar refractivity (Wildman–Crippen MR) is 180 cm³/mol. The molecule has 6 nitrogen and oxygen atoms in total. The number of imidazole rings is 2. The second-order valence-corrected chi connectivity index (χ2v) is 11.7. The number of pyridine rings is 2. The Bertz CT molecular complexity index is 3220. The van der Waals surface area contributed by atoms with Crippen molar-refractivity contribution in [2.24, 2.45) is 0 Å². The second kappa shape index (κ2) is 7.25. The normalized spacial score (nSPS) is 12.8. The Labute approximate surface area is 246 Å². The molecule has 4 heterocycles. The Morgan fingerprint density at radius 3 is 1.61 bits per heavy atom. The van der Waals surface area contributed by atoms with E-state index >= 15 is 0 Å². The maximum absolute atomic E-state index is 14.2. The number of hydrogen-bond acceptors (Lipinski definition) is 4. The van der Waals surface area contributed by atoms with Crippen LogP contribution >= 0.6 is 0 Å². The van der Waals surface area contributed by atoms with Crippen LogP contribution in [0.2, 0.25) is 0 Å². The monoisotopic (exact) mass is 562 g/mol. The van der Waals surface area contributed by atoms with Crippen molar-refractivity contribution in [2.45, 2.75) is 0 Å². The highest BCUT2D eigenvalue weighted by molar-refractivity contribution is 6.41. The van der Waals surface area contributed by atoms with E-state index in [0.29, 0.717) is 22.1 Å². The molecular weight excluding hydrogens is 544 g/mol. The van der Waals surface area contributed by atoms with Gasteiger partial charge < -0.3 is 0 Å². The van der Waals surface area contributed by atoms with Gasteiger partial charge in [0, 0.05) is 32.3 Å². The Morgan fingerprint density at radius 2 is 0.977 bits per heavy atom. The Balaban J connectivity index is 1.44. The van der Waals surface area contributed by atoms with Crippen molar-refractivity contribution >= 4 is 104 Å². The first-order chi connectivity index (χ1) is 21.6. The van der Waals surface area contributed by atoms with Gasteiger partial charge in [-0.15, -0.1) is 0 Å². The van der Waals surface area contributed by atoms with E-state index in [0.717, 1.165) is 81.5 Å². The van der Waals surface area contributed by atoms with E-state index in [4.69, 9.17) is 9.97 Å². The van der Waals surface area contributed by atoms with Crippen molar-refractivity contribution in [1.29, 1.82) is 0 Å². The SMILES string of the molecule is C=Cc1cc2c(=O)n3c4ccccc4nc3c3ccc4c5ccc6c(=O)n7c8ccccc8nc7c7ccc(c1c4c23)c5c67. The molecular formula is C38H18N4O2. The standard InChI is InChI=1S/C38H18N4O2/c1-2-18-17-25-33-23(36-40-27-8-4-6-10-29(27)42(36)38(25)44)14-11-20-19-12-16-24-32-22(15-13-21(31(19)32)30(18)34(20)33)35-39-26-7-3-5-9-28(26)41(35)37(24)43/h2-17H,1H2. The van der Waals surface area contributed by atoms with E-state index in [2.05, 4.69) is 36.9 Å². The molecule has 0 bridgehead atoms. The van der Waals surface area contributed by atoms with Gasteiger partial charge in [-0.05, 0) is 86.4 Å². The first kappa shape index (κ1) is 22.5. The van der Waals surface area contributed by atoms with Gasteiger partial charge in [0.1, 0.15) is 11.3 Å². The van der Waals surface area contributed by atoms with Gasteiger partial charge in [-0.1, -0.05) is 55.1 Å². The third-order valence-corrected chi connectivity index (χ3v) is 9.72. The lowest BCUT2D eigenvalue weighted by Gasteiger charge is -2.19. The third-order valence-electron chi connectivity index (χ3n) is 9.72. The van der Waals surface area contributed by atoms with E-state index in [1.165, 1.54) is 0 Å². The first-order valence-corrected chi connectivity index (χ1v) is 14.6. The Morgan fingerprint density at radius 1 is 0.500 bits per heavy atom. The summed E-state index contributed by atoms with van der Waals surface area (Å²) in [5, 5.41) is 11.2. The van der Waals surface area contributed by atoms with Gasteiger partial charge in [0.2, 0.25) is 0 Å². The molecule has 4 aromatic heterocycles. The number of nitrogens with zero attached hydrogens (tertiary/aromatic N) is 4. The van der Waals surface area contributed by atoms with E-state index < -0.39 is 0 Å². The van der Waals surface area contributed by atoms with Crippen LogP contribution in [0.25, 0.3) is 104 Å². The van der Waals surface area contributed by atoms with Crippen LogP contribution in [-0.4, -0.2) is 18.8 Å². The number of hydrogen-bond donors (Lipinski definition) is 0. The molecule has 0 aliphatic heterocycles. The highest BCUT2D eigenvalue weighted by Crippen LogP contribution is 2.47. The Hall–Kier alpha value is -6.14. The van der Waals surface area contributed by atoms with Crippen molar-refractivity contribution in [2.75, 3.05) is 0 Å². The number of benzene rings is 7. The van der Waals surface area contributed by atoms with Crippen molar-refractivity contribution in [3.63, 3.8) is 0 Å². The van der Waals surface area contributed by atoms with Crippen LogP contribution in [-0.2, 0) is 0 Å². The molecule has 0 saturated carbocycles. The van der Waals surface area contributed by atoms with Crippen molar-refractivity contribution in [1.82, 2.24) is 18.8 Å². The smallest absolute Gasteiger partial charge is 0.264 e. The lowest BCUT2D eigenvalue weighted by atomic mass is 9.84. The van der Waals surface area contributed by atoms with Crippen LogP contribution in [0.15, 0.2) is 107 Å². The molecule has 7 aromatic carbocycles. The quantitative estimate of drug-likeness (QED) is 0.151. The molecule has 0 radical (unpaired) electrons. The minimum absolute atomic E-state index is 0.0746. The lowest BCUT2D eigenvalue weighted by Crippen LogP contribution is -2.14. The van der Waals surface area contributed by atoms with Crippen LogP contribution < -0.4 is 11.1 Å². The molecule has 0 aliphatic carbocycles. The zero-order chi connectivity index (χ0) is 29.0. The number of rotatable bonds is 1. The maximum Gasteiger partial charge on any atom is 0.264 e. The summed E-state index contributed by atoms with van der Waals surface area (Å²) in [5.41, 5.74) is 5.23. The van der Waals surface area contributed by atoms with Crippen molar-refractivity contribution < 1.29 is 0 Å². The molecule has 0 fully saturated rings. The summed E-state index contributed by atoms with van der Waals surface area (Å²) < 4.78 is 3.48. The molecule has 202 valence electrons. The zero-order valence-corrected chi connectivity index (χ0v) is 23.1. The molecule has 11 aromatic rings. The molecule has 0 N–H and O–H groups in total. The van der Waals surface area contributed by atoms with E-state index in [9.17, 15) is 9.59 Å². The minimum atomic E-state index is -0.0893. The summed E-state index contributed by atoms with van der Waals surface area (Å²) in [6, 6.07) is 30.0. The largest absolute Gasteiger partial charge is 0.268 e. The number of fused-ring (bicyclic) bond motifs is 10. The molecule has 0 unspecified atom stereocenters. The third kappa shape index (κ3) is 2.33. The summed E-state index contributed by atoms with van der Waals surface area (Å²) in [6.45, 7) is 4.18. The van der Waals surface area contributed by atoms with E-state index in [1.807, 2.05) is 66.7 Å². The fraction of sp³-hybridized carbons (Fsp3) is 0. The van der Waals surface area contributed by atoms with E-state index in [-0.39, 0.29) is 11.1 Å². The molecule has 0 saturated heterocycles.